The van der Waals surface area contributed by atoms with Gasteiger partial charge in [0.2, 0.25) is 0 Å². The van der Waals surface area contributed by atoms with Crippen molar-refractivity contribution in [1.82, 2.24) is 14.9 Å². The molecule has 1 N–H and O–H groups in total. The zero-order chi connectivity index (χ0) is 12.3. The fourth-order valence-electron chi connectivity index (χ4n) is 2.04. The number of aromatic nitrogens is 2. The number of hydrogen-bond donors (Lipinski definition) is 1. The van der Waals surface area contributed by atoms with Crippen LogP contribution < -0.4 is 5.32 Å². The molecular formula is C12H20N4S. The van der Waals surface area contributed by atoms with Gasteiger partial charge in [-0.1, -0.05) is 0 Å². The van der Waals surface area contributed by atoms with Gasteiger partial charge in [-0.15, -0.1) is 0 Å². The molecule has 0 amide bonds. The van der Waals surface area contributed by atoms with E-state index in [9.17, 15) is 0 Å². The number of nitrogens with one attached hydrogen (secondary N) is 1. The highest BCUT2D eigenvalue weighted by molar-refractivity contribution is 8.00. The van der Waals surface area contributed by atoms with Gasteiger partial charge in [0.15, 0.2) is 0 Å². The van der Waals surface area contributed by atoms with Crippen LogP contribution in [0.15, 0.2) is 12.4 Å². The Kier molecular flexibility index (Phi) is 3.89. The Morgan fingerprint density at radius 2 is 2.24 bits per heavy atom. The van der Waals surface area contributed by atoms with Crippen molar-refractivity contribution < 1.29 is 0 Å². The third-order valence-corrected chi connectivity index (χ3v) is 4.15. The average molecular weight is 252 g/mol. The van der Waals surface area contributed by atoms with Crippen LogP contribution in [0.2, 0.25) is 0 Å². The quantitative estimate of drug-likeness (QED) is 0.889. The van der Waals surface area contributed by atoms with Gasteiger partial charge in [-0.05, 0) is 13.8 Å². The molecule has 1 fully saturated rings. The predicted octanol–water partition coefficient (Wildman–Crippen LogP) is 1.85. The van der Waals surface area contributed by atoms with E-state index in [-0.39, 0.29) is 0 Å². The molecule has 0 saturated carbocycles. The van der Waals surface area contributed by atoms with Crippen LogP contribution in [-0.4, -0.2) is 45.5 Å². The largest absolute Gasteiger partial charge is 0.372 e. The zero-order valence-electron chi connectivity index (χ0n) is 10.7. The second kappa shape index (κ2) is 5.23. The molecule has 1 aliphatic heterocycles. The topological polar surface area (TPSA) is 41.1 Å². The van der Waals surface area contributed by atoms with Gasteiger partial charge >= 0.3 is 0 Å². The van der Waals surface area contributed by atoms with Gasteiger partial charge in [0.1, 0.15) is 5.82 Å². The molecule has 0 aliphatic carbocycles. The van der Waals surface area contributed by atoms with Crippen LogP contribution in [0.1, 0.15) is 19.5 Å². The highest BCUT2D eigenvalue weighted by atomic mass is 32.2. The van der Waals surface area contributed by atoms with Crippen molar-refractivity contribution in [3.8, 4) is 0 Å². The van der Waals surface area contributed by atoms with Crippen molar-refractivity contribution in [1.29, 1.82) is 0 Å². The lowest BCUT2D eigenvalue weighted by Gasteiger charge is -2.37. The molecule has 2 rings (SSSR count). The minimum absolute atomic E-state index is 0.358. The first-order valence-corrected chi connectivity index (χ1v) is 6.93. The van der Waals surface area contributed by atoms with Crippen molar-refractivity contribution in [2.24, 2.45) is 0 Å². The van der Waals surface area contributed by atoms with E-state index in [1.54, 1.807) is 6.20 Å². The Balaban J connectivity index is 1.95. The molecule has 0 radical (unpaired) electrons. The molecule has 94 valence electrons. The van der Waals surface area contributed by atoms with Crippen LogP contribution in [0.25, 0.3) is 0 Å². The van der Waals surface area contributed by atoms with E-state index < -0.39 is 0 Å². The van der Waals surface area contributed by atoms with Gasteiger partial charge in [0, 0.05) is 37.2 Å². The molecule has 5 heteroatoms. The maximum absolute atomic E-state index is 4.42. The Morgan fingerprint density at radius 3 is 2.82 bits per heavy atom. The lowest BCUT2D eigenvalue weighted by Crippen LogP contribution is -2.42. The van der Waals surface area contributed by atoms with E-state index in [4.69, 9.17) is 0 Å². The summed E-state index contributed by atoms with van der Waals surface area (Å²) in [7, 11) is 1.86. The van der Waals surface area contributed by atoms with E-state index in [1.807, 2.05) is 13.2 Å². The number of nitrogens with zero attached hydrogens (tertiary/aromatic N) is 3. The molecule has 1 aromatic heterocycles. The summed E-state index contributed by atoms with van der Waals surface area (Å²) in [6.07, 6.45) is 3.65. The highest BCUT2D eigenvalue weighted by Crippen LogP contribution is 2.29. The number of rotatable bonds is 3. The van der Waals surface area contributed by atoms with Crippen LogP contribution >= 0.6 is 11.8 Å². The smallest absolute Gasteiger partial charge is 0.144 e. The van der Waals surface area contributed by atoms with E-state index in [1.165, 1.54) is 5.75 Å². The Morgan fingerprint density at radius 1 is 1.41 bits per heavy atom. The lowest BCUT2D eigenvalue weighted by molar-refractivity contribution is 0.249. The minimum Gasteiger partial charge on any atom is -0.372 e. The standard InChI is InChI=1S/C12H20N4S/c1-12(2)9-16(4-5-17-12)8-10-6-15-11(13-3)7-14-10/h6-7H,4-5,8-9H2,1-3H3,(H,13,15). The van der Waals surface area contributed by atoms with E-state index in [0.29, 0.717) is 4.75 Å². The maximum atomic E-state index is 4.42. The number of hydrogen-bond acceptors (Lipinski definition) is 5. The van der Waals surface area contributed by atoms with Gasteiger partial charge in [0.05, 0.1) is 18.1 Å². The van der Waals surface area contributed by atoms with Gasteiger partial charge in [-0.3, -0.25) is 9.88 Å². The van der Waals surface area contributed by atoms with Crippen LogP contribution in [0.3, 0.4) is 0 Å². The summed E-state index contributed by atoms with van der Waals surface area (Å²) in [5.74, 6) is 2.03. The Labute approximate surface area is 107 Å². The Bertz CT molecular complexity index is 363. The summed E-state index contributed by atoms with van der Waals surface area (Å²) in [5.41, 5.74) is 1.05. The molecule has 2 heterocycles. The summed E-state index contributed by atoms with van der Waals surface area (Å²) >= 11 is 2.05. The molecule has 17 heavy (non-hydrogen) atoms. The molecule has 1 aliphatic rings. The average Bonchev–Trinajstić information content (AvgIpc) is 2.29. The SMILES string of the molecule is CNc1cnc(CN2CCSC(C)(C)C2)cn1. The van der Waals surface area contributed by atoms with E-state index >= 15 is 0 Å². The van der Waals surface area contributed by atoms with Gasteiger partial charge < -0.3 is 5.32 Å². The predicted molar refractivity (Wildman–Crippen MR) is 73.4 cm³/mol. The molecule has 0 unspecified atom stereocenters. The summed E-state index contributed by atoms with van der Waals surface area (Å²) in [6, 6.07) is 0. The van der Waals surface area contributed by atoms with Gasteiger partial charge in [-0.2, -0.15) is 11.8 Å². The van der Waals surface area contributed by atoms with Crippen LogP contribution in [0, 0.1) is 0 Å². The maximum Gasteiger partial charge on any atom is 0.144 e. The molecule has 0 aromatic carbocycles. The molecule has 1 saturated heterocycles. The minimum atomic E-state index is 0.358. The van der Waals surface area contributed by atoms with Crippen LogP contribution in [-0.2, 0) is 6.54 Å². The number of thioether (sulfide) groups is 1. The second-order valence-corrected chi connectivity index (χ2v) is 6.76. The Hall–Kier alpha value is -0.810. The fourth-order valence-corrected chi connectivity index (χ4v) is 3.22. The molecule has 0 bridgehead atoms. The van der Waals surface area contributed by atoms with Crippen molar-refractivity contribution in [3.05, 3.63) is 18.1 Å². The van der Waals surface area contributed by atoms with E-state index in [0.717, 1.165) is 31.1 Å². The lowest BCUT2D eigenvalue weighted by atomic mass is 10.2. The first kappa shape index (κ1) is 12.6. The van der Waals surface area contributed by atoms with Crippen LogP contribution in [0.4, 0.5) is 5.82 Å². The molecule has 4 nitrogen and oxygen atoms in total. The third kappa shape index (κ3) is 3.57. The van der Waals surface area contributed by atoms with Gasteiger partial charge in [-0.25, -0.2) is 4.98 Å². The van der Waals surface area contributed by atoms with Crippen molar-refractivity contribution in [2.45, 2.75) is 25.1 Å². The highest BCUT2D eigenvalue weighted by Gasteiger charge is 2.26. The number of anilines is 1. The first-order chi connectivity index (χ1) is 8.09. The van der Waals surface area contributed by atoms with Crippen molar-refractivity contribution in [3.63, 3.8) is 0 Å². The summed E-state index contributed by atoms with van der Waals surface area (Å²) in [5, 5.41) is 2.98. The summed E-state index contributed by atoms with van der Waals surface area (Å²) in [6.45, 7) is 7.77. The fraction of sp³-hybridized carbons (Fsp3) is 0.667. The van der Waals surface area contributed by atoms with Crippen molar-refractivity contribution in [2.75, 3.05) is 31.2 Å². The second-order valence-electron chi connectivity index (χ2n) is 4.96. The van der Waals surface area contributed by atoms with Gasteiger partial charge in [0.25, 0.3) is 0 Å². The molecule has 1 aromatic rings. The molecule has 0 atom stereocenters. The van der Waals surface area contributed by atoms with E-state index in [2.05, 4.69) is 45.8 Å². The molecule has 0 spiro atoms. The first-order valence-electron chi connectivity index (χ1n) is 5.94. The molecular weight excluding hydrogens is 232 g/mol. The third-order valence-electron chi connectivity index (χ3n) is 2.85. The summed E-state index contributed by atoms with van der Waals surface area (Å²) < 4.78 is 0.358. The summed E-state index contributed by atoms with van der Waals surface area (Å²) in [4.78, 5) is 11.2. The normalized spacial score (nSPS) is 20.2. The van der Waals surface area contributed by atoms with Crippen molar-refractivity contribution >= 4 is 17.6 Å². The monoisotopic (exact) mass is 252 g/mol. The zero-order valence-corrected chi connectivity index (χ0v) is 11.5. The van der Waals surface area contributed by atoms with Crippen LogP contribution in [0.5, 0.6) is 0 Å².